The van der Waals surface area contributed by atoms with E-state index in [4.69, 9.17) is 16.3 Å². The zero-order chi connectivity index (χ0) is 13.9. The molecule has 106 valence electrons. The van der Waals surface area contributed by atoms with Crippen LogP contribution in [0.2, 0.25) is 0 Å². The van der Waals surface area contributed by atoms with E-state index >= 15 is 0 Å². The summed E-state index contributed by atoms with van der Waals surface area (Å²) in [4.78, 5) is 0. The third kappa shape index (κ3) is 3.92. The number of hydrogen-bond acceptors (Lipinski definition) is 3. The molecule has 1 aromatic carbocycles. The van der Waals surface area contributed by atoms with Gasteiger partial charge in [0, 0.05) is 18.5 Å². The van der Waals surface area contributed by atoms with Gasteiger partial charge in [-0.2, -0.15) is 4.31 Å². The molecular formula is C13H18ClNO3S. The fourth-order valence-corrected chi connectivity index (χ4v) is 4.01. The molecule has 0 aromatic heterocycles. The highest BCUT2D eigenvalue weighted by Crippen LogP contribution is 2.26. The topological polar surface area (TPSA) is 49.9 Å². The van der Waals surface area contributed by atoms with Crippen LogP contribution in [0.15, 0.2) is 30.3 Å². The van der Waals surface area contributed by atoms with Gasteiger partial charge >= 0.3 is 0 Å². The van der Waals surface area contributed by atoms with Gasteiger partial charge in [-0.05, 0) is 12.5 Å². The fraction of sp³-hybridized carbons (Fsp3) is 0.538. The lowest BCUT2D eigenvalue weighted by molar-refractivity contribution is 0.296. The first kappa shape index (κ1) is 14.8. The summed E-state index contributed by atoms with van der Waals surface area (Å²) in [7, 11) is -3.35. The molecule has 0 N–H and O–H groups in total. The van der Waals surface area contributed by atoms with Crippen LogP contribution in [0.3, 0.4) is 0 Å². The summed E-state index contributed by atoms with van der Waals surface area (Å²) in [5, 5.41) is 0. The number of hydrogen-bond donors (Lipinski definition) is 0. The summed E-state index contributed by atoms with van der Waals surface area (Å²) in [6.07, 6.45) is 0.0243. The summed E-state index contributed by atoms with van der Waals surface area (Å²) in [6, 6.07) is 9.39. The van der Waals surface area contributed by atoms with Gasteiger partial charge in [0.2, 0.25) is 10.0 Å². The predicted molar refractivity (Wildman–Crippen MR) is 75.8 cm³/mol. The second-order valence-electron chi connectivity index (χ2n) is 4.62. The number of epoxide rings is 1. The monoisotopic (exact) mass is 303 g/mol. The maximum atomic E-state index is 12.3. The molecule has 0 saturated carbocycles. The number of ether oxygens (including phenoxy) is 1. The molecule has 0 spiro atoms. The first-order valence-electron chi connectivity index (χ1n) is 6.26. The summed E-state index contributed by atoms with van der Waals surface area (Å²) < 4.78 is 31.3. The van der Waals surface area contributed by atoms with Gasteiger partial charge in [0.15, 0.2) is 0 Å². The number of benzene rings is 1. The summed E-state index contributed by atoms with van der Waals surface area (Å²) in [5.41, 5.74) is 0.973. The number of nitrogens with zero attached hydrogens (tertiary/aromatic N) is 1. The molecule has 2 unspecified atom stereocenters. The van der Waals surface area contributed by atoms with Crippen molar-refractivity contribution in [3.05, 3.63) is 35.9 Å². The van der Waals surface area contributed by atoms with Crippen molar-refractivity contribution in [1.29, 1.82) is 0 Å². The van der Waals surface area contributed by atoms with Gasteiger partial charge in [0.05, 0.1) is 18.5 Å². The van der Waals surface area contributed by atoms with Crippen molar-refractivity contribution in [1.82, 2.24) is 4.31 Å². The average molecular weight is 304 g/mol. The molecule has 2 rings (SSSR count). The SMILES string of the molecule is CC(c1ccccc1)N(CC1CO1)S(=O)(=O)CCCl. The Balaban J connectivity index is 2.21. The zero-order valence-corrected chi connectivity index (χ0v) is 12.4. The molecule has 0 bridgehead atoms. The lowest BCUT2D eigenvalue weighted by Gasteiger charge is -2.28. The average Bonchev–Trinajstić information content (AvgIpc) is 3.20. The van der Waals surface area contributed by atoms with Crippen molar-refractivity contribution in [2.75, 3.05) is 24.8 Å². The Bertz CT molecular complexity index is 502. The third-order valence-electron chi connectivity index (χ3n) is 3.19. The van der Waals surface area contributed by atoms with Crippen molar-refractivity contribution >= 4 is 21.6 Å². The molecule has 19 heavy (non-hydrogen) atoms. The van der Waals surface area contributed by atoms with Gasteiger partial charge < -0.3 is 4.74 Å². The number of halogens is 1. The Kier molecular flexibility index (Phi) is 4.84. The van der Waals surface area contributed by atoms with Crippen LogP contribution in [-0.4, -0.2) is 43.6 Å². The number of sulfonamides is 1. The van der Waals surface area contributed by atoms with E-state index in [1.807, 2.05) is 37.3 Å². The molecule has 6 heteroatoms. The molecule has 1 aromatic rings. The van der Waals surface area contributed by atoms with E-state index in [-0.39, 0.29) is 23.8 Å². The van der Waals surface area contributed by atoms with Crippen molar-refractivity contribution < 1.29 is 13.2 Å². The van der Waals surface area contributed by atoms with E-state index < -0.39 is 10.0 Å². The van der Waals surface area contributed by atoms with Crippen LogP contribution < -0.4 is 0 Å². The lowest BCUT2D eigenvalue weighted by Crippen LogP contribution is -2.38. The van der Waals surface area contributed by atoms with E-state index in [1.54, 1.807) is 0 Å². The van der Waals surface area contributed by atoms with Crippen molar-refractivity contribution in [3.8, 4) is 0 Å². The highest BCUT2D eigenvalue weighted by molar-refractivity contribution is 7.89. The zero-order valence-electron chi connectivity index (χ0n) is 10.8. The Morgan fingerprint density at radius 2 is 2.05 bits per heavy atom. The van der Waals surface area contributed by atoms with E-state index in [0.717, 1.165) is 5.56 Å². The number of rotatable bonds is 7. The van der Waals surface area contributed by atoms with E-state index in [2.05, 4.69) is 0 Å². The molecule has 0 amide bonds. The van der Waals surface area contributed by atoms with Gasteiger partial charge in [-0.3, -0.25) is 0 Å². The highest BCUT2D eigenvalue weighted by Gasteiger charge is 2.34. The summed E-state index contributed by atoms with van der Waals surface area (Å²) in [6.45, 7) is 2.92. The molecule has 1 heterocycles. The van der Waals surface area contributed by atoms with Crippen molar-refractivity contribution in [3.63, 3.8) is 0 Å². The molecule has 2 atom stereocenters. The van der Waals surface area contributed by atoms with Gasteiger partial charge in [-0.25, -0.2) is 8.42 Å². The quantitative estimate of drug-likeness (QED) is 0.572. The maximum absolute atomic E-state index is 12.3. The molecular weight excluding hydrogens is 286 g/mol. The van der Waals surface area contributed by atoms with Gasteiger partial charge in [0.25, 0.3) is 0 Å². The van der Waals surface area contributed by atoms with E-state index in [0.29, 0.717) is 13.2 Å². The maximum Gasteiger partial charge on any atom is 0.215 e. The van der Waals surface area contributed by atoms with Crippen molar-refractivity contribution in [2.45, 2.75) is 19.1 Å². The molecule has 0 radical (unpaired) electrons. The largest absolute Gasteiger partial charge is 0.372 e. The molecule has 0 aliphatic carbocycles. The Hall–Kier alpha value is -0.620. The smallest absolute Gasteiger partial charge is 0.215 e. The molecule has 1 saturated heterocycles. The number of alkyl halides is 1. The highest BCUT2D eigenvalue weighted by atomic mass is 35.5. The van der Waals surface area contributed by atoms with Gasteiger partial charge in [0.1, 0.15) is 0 Å². The minimum absolute atomic E-state index is 0.0243. The van der Waals surface area contributed by atoms with Crippen LogP contribution in [0.4, 0.5) is 0 Å². The molecule has 4 nitrogen and oxygen atoms in total. The minimum Gasteiger partial charge on any atom is -0.372 e. The lowest BCUT2D eigenvalue weighted by atomic mass is 10.1. The van der Waals surface area contributed by atoms with E-state index in [9.17, 15) is 8.42 Å². The van der Waals surface area contributed by atoms with Crippen LogP contribution in [0.25, 0.3) is 0 Å². The van der Waals surface area contributed by atoms with Crippen LogP contribution in [0.1, 0.15) is 18.5 Å². The fourth-order valence-electron chi connectivity index (χ4n) is 2.00. The van der Waals surface area contributed by atoms with E-state index in [1.165, 1.54) is 4.31 Å². The van der Waals surface area contributed by atoms with Crippen LogP contribution >= 0.6 is 11.6 Å². The Morgan fingerprint density at radius 1 is 1.42 bits per heavy atom. The van der Waals surface area contributed by atoms with Crippen molar-refractivity contribution in [2.24, 2.45) is 0 Å². The van der Waals surface area contributed by atoms with Crippen LogP contribution in [-0.2, 0) is 14.8 Å². The minimum atomic E-state index is -3.35. The van der Waals surface area contributed by atoms with Crippen LogP contribution in [0, 0.1) is 0 Å². The van der Waals surface area contributed by atoms with Gasteiger partial charge in [-0.1, -0.05) is 30.3 Å². The predicted octanol–water partition coefficient (Wildman–Crippen LogP) is 2.02. The first-order valence-corrected chi connectivity index (χ1v) is 8.41. The normalized spacial score (nSPS) is 20.5. The first-order chi connectivity index (χ1) is 9.04. The second-order valence-corrected chi connectivity index (χ2v) is 7.04. The molecule has 1 aliphatic heterocycles. The molecule has 1 aliphatic rings. The van der Waals surface area contributed by atoms with Crippen LogP contribution in [0.5, 0.6) is 0 Å². The Morgan fingerprint density at radius 3 is 2.58 bits per heavy atom. The Labute approximate surface area is 119 Å². The third-order valence-corrected chi connectivity index (χ3v) is 5.51. The van der Waals surface area contributed by atoms with Gasteiger partial charge in [-0.15, -0.1) is 11.6 Å². The summed E-state index contributed by atoms with van der Waals surface area (Å²) >= 11 is 5.60. The standard InChI is InChI=1S/C13H18ClNO3S/c1-11(12-5-3-2-4-6-12)15(9-13-10-18-13)19(16,17)8-7-14/h2-6,11,13H,7-10H2,1H3. The molecule has 1 fully saturated rings. The second kappa shape index (κ2) is 6.22. The summed E-state index contributed by atoms with van der Waals surface area (Å²) in [5.74, 6) is 0.0598.